The normalized spacial score (nSPS) is 13.4. The molecule has 1 aromatic heterocycles. The number of halogens is 1. The van der Waals surface area contributed by atoms with Crippen LogP contribution in [0.25, 0.3) is 10.9 Å². The number of methoxy groups -OCH3 is 2. The molecule has 0 aliphatic carbocycles. The first-order valence-electron chi connectivity index (χ1n) is 13.3. The monoisotopic (exact) mass is 558 g/mol. The molecular formula is C31H31FN4O5. The molecule has 1 saturated heterocycles. The Bertz CT molecular complexity index is 1550. The zero-order valence-corrected chi connectivity index (χ0v) is 23.0. The van der Waals surface area contributed by atoms with E-state index in [9.17, 15) is 9.65 Å². The van der Waals surface area contributed by atoms with Crippen molar-refractivity contribution in [1.29, 1.82) is 5.26 Å². The first kappa shape index (κ1) is 28.0. The van der Waals surface area contributed by atoms with Crippen LogP contribution in [0.5, 0.6) is 28.7 Å². The summed E-state index contributed by atoms with van der Waals surface area (Å²) in [6.07, 6.45) is 2.37. The molecule has 212 valence electrons. The third kappa shape index (κ3) is 6.77. The van der Waals surface area contributed by atoms with Crippen LogP contribution < -0.4 is 24.3 Å². The number of aromatic nitrogens is 1. The smallest absolute Gasteiger partial charge is 0.169 e. The lowest BCUT2D eigenvalue weighted by atomic mass is 10.1. The molecule has 1 fully saturated rings. The number of pyridine rings is 1. The van der Waals surface area contributed by atoms with E-state index in [2.05, 4.69) is 21.3 Å². The van der Waals surface area contributed by atoms with Crippen molar-refractivity contribution in [2.75, 3.05) is 59.0 Å². The van der Waals surface area contributed by atoms with Crippen LogP contribution in [0.1, 0.15) is 12.0 Å². The van der Waals surface area contributed by atoms with Crippen LogP contribution in [0, 0.1) is 17.1 Å². The van der Waals surface area contributed by atoms with E-state index in [4.69, 9.17) is 23.7 Å². The van der Waals surface area contributed by atoms with E-state index in [1.807, 2.05) is 6.07 Å². The van der Waals surface area contributed by atoms with Crippen LogP contribution in [0.4, 0.5) is 15.8 Å². The summed E-state index contributed by atoms with van der Waals surface area (Å²) >= 11 is 0. The Balaban J connectivity index is 1.39. The van der Waals surface area contributed by atoms with E-state index in [0.717, 1.165) is 39.3 Å². The number of fused-ring (bicyclic) bond motifs is 1. The van der Waals surface area contributed by atoms with Gasteiger partial charge in [0.05, 0.1) is 50.8 Å². The summed E-state index contributed by atoms with van der Waals surface area (Å²) in [6, 6.07) is 17.0. The molecule has 5 rings (SSSR count). The molecule has 0 radical (unpaired) electrons. The van der Waals surface area contributed by atoms with Gasteiger partial charge in [-0.25, -0.2) is 4.39 Å². The Morgan fingerprint density at radius 2 is 1.80 bits per heavy atom. The summed E-state index contributed by atoms with van der Waals surface area (Å²) in [5, 5.41) is 13.9. The van der Waals surface area contributed by atoms with Crippen LogP contribution in [-0.4, -0.2) is 63.6 Å². The van der Waals surface area contributed by atoms with Crippen molar-refractivity contribution in [1.82, 2.24) is 9.88 Å². The van der Waals surface area contributed by atoms with Gasteiger partial charge in [0.1, 0.15) is 17.6 Å². The van der Waals surface area contributed by atoms with E-state index >= 15 is 0 Å². The molecule has 3 aromatic carbocycles. The second-order valence-corrected chi connectivity index (χ2v) is 9.38. The van der Waals surface area contributed by atoms with Crippen LogP contribution in [0.2, 0.25) is 0 Å². The van der Waals surface area contributed by atoms with Gasteiger partial charge in [0.25, 0.3) is 0 Å². The molecule has 2 heterocycles. The minimum absolute atomic E-state index is 0.349. The Hall–Kier alpha value is -4.59. The summed E-state index contributed by atoms with van der Waals surface area (Å²) in [5.74, 6) is 1.93. The highest BCUT2D eigenvalue weighted by atomic mass is 19.1. The van der Waals surface area contributed by atoms with Crippen LogP contribution >= 0.6 is 0 Å². The molecule has 0 saturated carbocycles. The lowest BCUT2D eigenvalue weighted by molar-refractivity contribution is 0.0357. The van der Waals surface area contributed by atoms with Gasteiger partial charge in [-0.3, -0.25) is 9.88 Å². The average molecular weight is 559 g/mol. The topological polar surface area (TPSA) is 98.1 Å². The minimum atomic E-state index is -0.398. The molecule has 4 aromatic rings. The maximum Gasteiger partial charge on any atom is 0.169 e. The first-order chi connectivity index (χ1) is 20.1. The number of morpholine rings is 1. The number of nitriles is 1. The van der Waals surface area contributed by atoms with Crippen molar-refractivity contribution in [2.45, 2.75) is 6.42 Å². The molecule has 0 unspecified atom stereocenters. The van der Waals surface area contributed by atoms with Crippen molar-refractivity contribution < 1.29 is 28.1 Å². The molecular weight excluding hydrogens is 527 g/mol. The van der Waals surface area contributed by atoms with Gasteiger partial charge in [0.15, 0.2) is 23.0 Å². The van der Waals surface area contributed by atoms with Crippen molar-refractivity contribution >= 4 is 22.3 Å². The van der Waals surface area contributed by atoms with Crippen LogP contribution in [0.3, 0.4) is 0 Å². The molecule has 1 aliphatic rings. The molecule has 9 nitrogen and oxygen atoms in total. The Morgan fingerprint density at radius 3 is 2.56 bits per heavy atom. The Labute approximate surface area is 238 Å². The standard InChI is InChI=1S/C31H31FN4O5/c1-37-28-16-23(7-8-27(28)41-24-6-3-5-22(32)15-24)35-31-21(19-33)20-34-26-18-29(38-2)30(17-25(26)31)40-12-4-9-36-10-13-39-14-11-36/h3,5-8,15-18,20H,4,9-14H2,1-2H3,(H,34,35). The number of nitrogens with one attached hydrogen (secondary N) is 1. The fraction of sp³-hybridized carbons (Fsp3) is 0.290. The first-order valence-corrected chi connectivity index (χ1v) is 13.3. The summed E-state index contributed by atoms with van der Waals surface area (Å²) in [5.41, 5.74) is 2.22. The summed E-state index contributed by atoms with van der Waals surface area (Å²) in [6.45, 7) is 4.82. The van der Waals surface area contributed by atoms with Crippen molar-refractivity contribution in [3.63, 3.8) is 0 Å². The molecule has 0 bridgehead atoms. The molecule has 0 spiro atoms. The predicted octanol–water partition coefficient (Wildman–Crippen LogP) is 5.90. The van der Waals surface area contributed by atoms with Gasteiger partial charge in [-0.05, 0) is 36.8 Å². The SMILES string of the molecule is COc1cc2ncc(C#N)c(Nc3ccc(Oc4cccc(F)c4)c(OC)c3)c2cc1OCCCN1CCOCC1. The summed E-state index contributed by atoms with van der Waals surface area (Å²) in [4.78, 5) is 6.83. The third-order valence-corrected chi connectivity index (χ3v) is 6.71. The van der Waals surface area contributed by atoms with Gasteiger partial charge in [0.2, 0.25) is 0 Å². The summed E-state index contributed by atoms with van der Waals surface area (Å²) in [7, 11) is 3.11. The van der Waals surface area contributed by atoms with E-state index in [0.29, 0.717) is 63.2 Å². The fourth-order valence-corrected chi connectivity index (χ4v) is 4.62. The zero-order chi connectivity index (χ0) is 28.6. The highest BCUT2D eigenvalue weighted by Gasteiger charge is 2.16. The van der Waals surface area contributed by atoms with E-state index in [1.165, 1.54) is 25.4 Å². The highest BCUT2D eigenvalue weighted by molar-refractivity contribution is 5.97. The fourth-order valence-electron chi connectivity index (χ4n) is 4.62. The van der Waals surface area contributed by atoms with E-state index in [-0.39, 0.29) is 0 Å². The highest BCUT2D eigenvalue weighted by Crippen LogP contribution is 2.39. The Kier molecular flexibility index (Phi) is 8.98. The quantitative estimate of drug-likeness (QED) is 0.226. The zero-order valence-electron chi connectivity index (χ0n) is 23.0. The maximum atomic E-state index is 13.6. The second-order valence-electron chi connectivity index (χ2n) is 9.38. The second kappa shape index (κ2) is 13.2. The number of benzene rings is 3. The number of rotatable bonds is 11. The van der Waals surface area contributed by atoms with E-state index in [1.54, 1.807) is 43.5 Å². The number of anilines is 2. The summed E-state index contributed by atoms with van der Waals surface area (Å²) < 4.78 is 42.1. The third-order valence-electron chi connectivity index (χ3n) is 6.71. The molecule has 1 aliphatic heterocycles. The van der Waals surface area contributed by atoms with Crippen LogP contribution in [0.15, 0.2) is 60.8 Å². The largest absolute Gasteiger partial charge is 0.493 e. The molecule has 41 heavy (non-hydrogen) atoms. The predicted molar refractivity (Wildman–Crippen MR) is 153 cm³/mol. The van der Waals surface area contributed by atoms with Gasteiger partial charge in [0, 0.05) is 55.1 Å². The molecule has 10 heteroatoms. The number of hydrogen-bond donors (Lipinski definition) is 1. The number of ether oxygens (including phenoxy) is 5. The van der Waals surface area contributed by atoms with Crippen molar-refractivity contribution in [3.05, 3.63) is 72.2 Å². The average Bonchev–Trinajstić information content (AvgIpc) is 3.00. The number of nitrogens with zero attached hydrogens (tertiary/aromatic N) is 3. The van der Waals surface area contributed by atoms with Crippen molar-refractivity contribution in [3.8, 4) is 34.8 Å². The van der Waals surface area contributed by atoms with Gasteiger partial charge in [-0.1, -0.05) is 6.07 Å². The number of hydrogen-bond acceptors (Lipinski definition) is 9. The van der Waals surface area contributed by atoms with Crippen LogP contribution in [-0.2, 0) is 4.74 Å². The van der Waals surface area contributed by atoms with Gasteiger partial charge in [-0.15, -0.1) is 0 Å². The molecule has 0 atom stereocenters. The van der Waals surface area contributed by atoms with Gasteiger partial charge >= 0.3 is 0 Å². The van der Waals surface area contributed by atoms with Gasteiger partial charge < -0.3 is 29.0 Å². The van der Waals surface area contributed by atoms with E-state index < -0.39 is 5.82 Å². The molecule has 0 amide bonds. The Morgan fingerprint density at radius 1 is 1.00 bits per heavy atom. The molecule has 1 N–H and O–H groups in total. The van der Waals surface area contributed by atoms with Crippen molar-refractivity contribution in [2.24, 2.45) is 0 Å². The lowest BCUT2D eigenvalue weighted by Crippen LogP contribution is -2.37. The van der Waals surface area contributed by atoms with Gasteiger partial charge in [-0.2, -0.15) is 5.26 Å². The maximum absolute atomic E-state index is 13.6. The minimum Gasteiger partial charge on any atom is -0.493 e. The lowest BCUT2D eigenvalue weighted by Gasteiger charge is -2.26.